The molecule has 0 spiro atoms. The van der Waals surface area contributed by atoms with Crippen LogP contribution in [0.15, 0.2) is 43.2 Å². The maximum Gasteiger partial charge on any atom is 0.116 e. The summed E-state index contributed by atoms with van der Waals surface area (Å²) in [5.74, 6) is 0. The van der Waals surface area contributed by atoms with Crippen molar-refractivity contribution in [2.45, 2.75) is 13.8 Å². The lowest BCUT2D eigenvalue weighted by Crippen LogP contribution is -1.93. The SMILES string of the molecule is Cc1ccc(-c2ncncc2-c2cnc[nH]2)c(C)c1. The van der Waals surface area contributed by atoms with Gasteiger partial charge in [-0.2, -0.15) is 0 Å². The molecule has 4 heteroatoms. The standard InChI is InChI=1S/C15H14N4/c1-10-3-4-12(11(2)5-10)15-13(6-16-9-19-15)14-7-17-8-18-14/h3-9H,1-2H3,(H,17,18). The minimum absolute atomic E-state index is 0.926. The molecule has 94 valence electrons. The Morgan fingerprint density at radius 2 is 1.89 bits per heavy atom. The molecule has 0 saturated carbocycles. The Balaban J connectivity index is 2.21. The average molecular weight is 250 g/mol. The Morgan fingerprint density at radius 1 is 1.00 bits per heavy atom. The molecule has 1 aromatic carbocycles. The number of imidazole rings is 1. The van der Waals surface area contributed by atoms with Crippen LogP contribution in [0.25, 0.3) is 22.5 Å². The van der Waals surface area contributed by atoms with Crippen LogP contribution in [0.2, 0.25) is 0 Å². The lowest BCUT2D eigenvalue weighted by atomic mass is 9.99. The van der Waals surface area contributed by atoms with Crippen LogP contribution in [0.1, 0.15) is 11.1 Å². The van der Waals surface area contributed by atoms with Gasteiger partial charge in [-0.3, -0.25) is 0 Å². The van der Waals surface area contributed by atoms with Crippen LogP contribution >= 0.6 is 0 Å². The number of aryl methyl sites for hydroxylation is 2. The molecule has 2 aromatic heterocycles. The van der Waals surface area contributed by atoms with E-state index in [-0.39, 0.29) is 0 Å². The monoisotopic (exact) mass is 250 g/mol. The van der Waals surface area contributed by atoms with Gasteiger partial charge in [0.05, 0.1) is 23.9 Å². The van der Waals surface area contributed by atoms with Crippen LogP contribution in [0.3, 0.4) is 0 Å². The van der Waals surface area contributed by atoms with E-state index in [0.717, 1.165) is 22.5 Å². The van der Waals surface area contributed by atoms with Gasteiger partial charge in [0.2, 0.25) is 0 Å². The van der Waals surface area contributed by atoms with Gasteiger partial charge < -0.3 is 4.98 Å². The highest BCUT2D eigenvalue weighted by molar-refractivity contribution is 5.79. The number of benzene rings is 1. The van der Waals surface area contributed by atoms with Gasteiger partial charge >= 0.3 is 0 Å². The van der Waals surface area contributed by atoms with Crippen molar-refractivity contribution in [3.05, 3.63) is 54.4 Å². The number of nitrogens with zero attached hydrogens (tertiary/aromatic N) is 3. The van der Waals surface area contributed by atoms with Crippen LogP contribution in [-0.4, -0.2) is 19.9 Å². The van der Waals surface area contributed by atoms with Crippen molar-refractivity contribution in [2.75, 3.05) is 0 Å². The van der Waals surface area contributed by atoms with Crippen molar-refractivity contribution >= 4 is 0 Å². The van der Waals surface area contributed by atoms with E-state index >= 15 is 0 Å². The molecule has 0 fully saturated rings. The fourth-order valence-electron chi connectivity index (χ4n) is 2.22. The lowest BCUT2D eigenvalue weighted by molar-refractivity contribution is 1.16. The highest BCUT2D eigenvalue weighted by Gasteiger charge is 2.12. The number of hydrogen-bond acceptors (Lipinski definition) is 3. The van der Waals surface area contributed by atoms with Crippen LogP contribution in [0.5, 0.6) is 0 Å². The molecule has 0 bridgehead atoms. The number of H-pyrrole nitrogens is 1. The van der Waals surface area contributed by atoms with Crippen LogP contribution < -0.4 is 0 Å². The van der Waals surface area contributed by atoms with E-state index in [0.29, 0.717) is 0 Å². The normalized spacial score (nSPS) is 10.6. The molecule has 0 amide bonds. The summed E-state index contributed by atoms with van der Waals surface area (Å²) in [5.41, 5.74) is 6.40. The molecule has 4 nitrogen and oxygen atoms in total. The van der Waals surface area contributed by atoms with Crippen molar-refractivity contribution in [2.24, 2.45) is 0 Å². The van der Waals surface area contributed by atoms with Gasteiger partial charge in [-0.15, -0.1) is 0 Å². The summed E-state index contributed by atoms with van der Waals surface area (Å²) in [5, 5.41) is 0. The fraction of sp³-hybridized carbons (Fsp3) is 0.133. The van der Waals surface area contributed by atoms with E-state index in [4.69, 9.17) is 0 Å². The molecule has 0 aliphatic carbocycles. The molecule has 3 rings (SSSR count). The van der Waals surface area contributed by atoms with Gasteiger partial charge in [0.1, 0.15) is 6.33 Å². The van der Waals surface area contributed by atoms with Crippen molar-refractivity contribution in [3.63, 3.8) is 0 Å². The van der Waals surface area contributed by atoms with E-state index in [1.54, 1.807) is 18.9 Å². The second kappa shape index (κ2) is 4.65. The summed E-state index contributed by atoms with van der Waals surface area (Å²) in [4.78, 5) is 15.7. The minimum atomic E-state index is 0.926. The maximum absolute atomic E-state index is 4.44. The molecule has 0 saturated heterocycles. The summed E-state index contributed by atoms with van der Waals surface area (Å²) in [6.45, 7) is 4.19. The van der Waals surface area contributed by atoms with Gasteiger partial charge in [-0.1, -0.05) is 23.8 Å². The van der Waals surface area contributed by atoms with Gasteiger partial charge in [-0.25, -0.2) is 15.0 Å². The number of aromatic amines is 1. The molecular formula is C15H14N4. The highest BCUT2D eigenvalue weighted by Crippen LogP contribution is 2.30. The van der Waals surface area contributed by atoms with Crippen molar-refractivity contribution in [1.82, 2.24) is 19.9 Å². The zero-order valence-corrected chi connectivity index (χ0v) is 10.9. The van der Waals surface area contributed by atoms with Crippen molar-refractivity contribution in [3.8, 4) is 22.5 Å². The molecular weight excluding hydrogens is 236 g/mol. The molecule has 2 heterocycles. The Bertz CT molecular complexity index is 702. The van der Waals surface area contributed by atoms with Gasteiger partial charge in [-0.05, 0) is 19.4 Å². The third kappa shape index (κ3) is 2.12. The first-order chi connectivity index (χ1) is 9.25. The predicted octanol–water partition coefficient (Wildman–Crippen LogP) is 3.15. The molecule has 1 N–H and O–H groups in total. The predicted molar refractivity (Wildman–Crippen MR) is 74.5 cm³/mol. The zero-order chi connectivity index (χ0) is 13.2. The molecule has 0 unspecified atom stereocenters. The summed E-state index contributed by atoms with van der Waals surface area (Å²) in [6, 6.07) is 6.36. The Morgan fingerprint density at radius 3 is 2.63 bits per heavy atom. The third-order valence-electron chi connectivity index (χ3n) is 3.14. The lowest BCUT2D eigenvalue weighted by Gasteiger charge is -2.09. The van der Waals surface area contributed by atoms with E-state index < -0.39 is 0 Å². The average Bonchev–Trinajstić information content (AvgIpc) is 2.93. The van der Waals surface area contributed by atoms with Crippen LogP contribution in [0.4, 0.5) is 0 Å². The Kier molecular flexibility index (Phi) is 2.83. The Labute approximate surface area is 111 Å². The van der Waals surface area contributed by atoms with Crippen molar-refractivity contribution < 1.29 is 0 Å². The minimum Gasteiger partial charge on any atom is -0.345 e. The van der Waals surface area contributed by atoms with Gasteiger partial charge in [0.25, 0.3) is 0 Å². The Hall–Kier alpha value is -2.49. The van der Waals surface area contributed by atoms with Crippen LogP contribution in [0, 0.1) is 13.8 Å². The summed E-state index contributed by atoms with van der Waals surface area (Å²) in [6.07, 6.45) is 6.84. The maximum atomic E-state index is 4.44. The summed E-state index contributed by atoms with van der Waals surface area (Å²) < 4.78 is 0. The number of aromatic nitrogens is 4. The number of nitrogens with one attached hydrogen (secondary N) is 1. The largest absolute Gasteiger partial charge is 0.345 e. The molecule has 0 aliphatic rings. The fourth-order valence-corrected chi connectivity index (χ4v) is 2.22. The highest BCUT2D eigenvalue weighted by atomic mass is 14.9. The van der Waals surface area contributed by atoms with E-state index in [2.05, 4.69) is 52.0 Å². The summed E-state index contributed by atoms with van der Waals surface area (Å²) in [7, 11) is 0. The first kappa shape index (κ1) is 11.6. The van der Waals surface area contributed by atoms with Gasteiger partial charge in [0, 0.05) is 17.3 Å². The first-order valence-corrected chi connectivity index (χ1v) is 6.12. The quantitative estimate of drug-likeness (QED) is 0.760. The van der Waals surface area contributed by atoms with E-state index in [9.17, 15) is 0 Å². The van der Waals surface area contributed by atoms with Crippen LogP contribution in [-0.2, 0) is 0 Å². The molecule has 0 aliphatic heterocycles. The number of rotatable bonds is 2. The molecule has 3 aromatic rings. The smallest absolute Gasteiger partial charge is 0.116 e. The topological polar surface area (TPSA) is 54.5 Å². The van der Waals surface area contributed by atoms with Crippen molar-refractivity contribution in [1.29, 1.82) is 0 Å². The van der Waals surface area contributed by atoms with Gasteiger partial charge in [0.15, 0.2) is 0 Å². The third-order valence-corrected chi connectivity index (χ3v) is 3.14. The van der Waals surface area contributed by atoms with E-state index in [1.165, 1.54) is 11.1 Å². The molecule has 19 heavy (non-hydrogen) atoms. The molecule has 0 radical (unpaired) electrons. The van der Waals surface area contributed by atoms with E-state index in [1.807, 2.05) is 6.20 Å². The summed E-state index contributed by atoms with van der Waals surface area (Å²) >= 11 is 0. The second-order valence-electron chi connectivity index (χ2n) is 4.57. The first-order valence-electron chi connectivity index (χ1n) is 6.12. The number of hydrogen-bond donors (Lipinski definition) is 1. The second-order valence-corrected chi connectivity index (χ2v) is 4.57. The molecule has 0 atom stereocenters. The zero-order valence-electron chi connectivity index (χ0n) is 10.9.